The first-order valence-electron chi connectivity index (χ1n) is 13.4. The lowest BCUT2D eigenvalue weighted by Crippen LogP contribution is -1.93. The Morgan fingerprint density at radius 3 is 1.62 bits per heavy atom. The minimum Gasteiger partial charge on any atom is -0.309 e. The molecule has 0 amide bonds. The fraction of sp³-hybridized carbons (Fsp3) is 0. The average molecular weight is 510 g/mol. The minimum atomic E-state index is 0.690. The van der Waals surface area contributed by atoms with Crippen LogP contribution in [0.2, 0.25) is 0 Å². The standard InChI is InChI=1S/C37H23N3/c38-24-27-10-9-17-36-37(27)32-23-26(19-21-35(32)40(36)29-13-5-2-6-14-29)25-18-20-34-31(22-25)30-15-7-8-16-33(30)39(34)28-11-3-1-4-12-28/h1-23H. The molecule has 6 aromatic carbocycles. The summed E-state index contributed by atoms with van der Waals surface area (Å²) in [4.78, 5) is 0. The molecule has 0 unspecified atom stereocenters. The molecule has 3 heteroatoms. The Balaban J connectivity index is 1.39. The van der Waals surface area contributed by atoms with E-state index in [4.69, 9.17) is 0 Å². The Kier molecular flexibility index (Phi) is 4.89. The van der Waals surface area contributed by atoms with Crippen LogP contribution in [0.4, 0.5) is 0 Å². The van der Waals surface area contributed by atoms with Gasteiger partial charge in [0, 0.05) is 32.9 Å². The molecule has 0 N–H and O–H groups in total. The molecule has 8 rings (SSSR count). The van der Waals surface area contributed by atoms with Crippen molar-refractivity contribution in [3.8, 4) is 28.6 Å². The van der Waals surface area contributed by atoms with Crippen LogP contribution >= 0.6 is 0 Å². The van der Waals surface area contributed by atoms with Crippen LogP contribution in [-0.2, 0) is 0 Å². The summed E-state index contributed by atoms with van der Waals surface area (Å²) in [6.07, 6.45) is 0. The molecular weight excluding hydrogens is 486 g/mol. The Labute approximate surface area is 231 Å². The zero-order valence-corrected chi connectivity index (χ0v) is 21.6. The molecule has 0 aliphatic carbocycles. The first-order valence-corrected chi connectivity index (χ1v) is 13.4. The summed E-state index contributed by atoms with van der Waals surface area (Å²) in [5.41, 5.74) is 9.72. The van der Waals surface area contributed by atoms with E-state index in [1.165, 1.54) is 21.8 Å². The van der Waals surface area contributed by atoms with Gasteiger partial charge in [0.05, 0.1) is 33.7 Å². The summed E-state index contributed by atoms with van der Waals surface area (Å²) in [6, 6.07) is 51.3. The molecule has 8 aromatic rings. The van der Waals surface area contributed by atoms with Crippen LogP contribution in [0.5, 0.6) is 0 Å². The molecule has 186 valence electrons. The number of fused-ring (bicyclic) bond motifs is 6. The summed E-state index contributed by atoms with van der Waals surface area (Å²) >= 11 is 0. The van der Waals surface area contributed by atoms with Gasteiger partial charge in [-0.3, -0.25) is 0 Å². The third-order valence-corrected chi connectivity index (χ3v) is 7.95. The fourth-order valence-corrected chi connectivity index (χ4v) is 6.21. The zero-order valence-electron chi connectivity index (χ0n) is 21.6. The number of hydrogen-bond donors (Lipinski definition) is 0. The van der Waals surface area contributed by atoms with Gasteiger partial charge in [-0.15, -0.1) is 0 Å². The van der Waals surface area contributed by atoms with Gasteiger partial charge in [0.1, 0.15) is 0 Å². The van der Waals surface area contributed by atoms with Crippen LogP contribution in [0.15, 0.2) is 140 Å². The molecule has 40 heavy (non-hydrogen) atoms. The Morgan fingerprint density at radius 2 is 0.950 bits per heavy atom. The molecule has 2 aromatic heterocycles. The number of hydrogen-bond acceptors (Lipinski definition) is 1. The van der Waals surface area contributed by atoms with Crippen LogP contribution in [0.3, 0.4) is 0 Å². The SMILES string of the molecule is N#Cc1cccc2c1c1cc(-c3ccc4c(c3)c3ccccc3n4-c3ccccc3)ccc1n2-c1ccccc1. The van der Waals surface area contributed by atoms with Crippen LogP contribution in [-0.4, -0.2) is 9.13 Å². The number of nitrogens with zero attached hydrogens (tertiary/aromatic N) is 3. The van der Waals surface area contributed by atoms with Crippen LogP contribution < -0.4 is 0 Å². The largest absolute Gasteiger partial charge is 0.309 e. The lowest BCUT2D eigenvalue weighted by molar-refractivity contribution is 1.18. The first-order chi connectivity index (χ1) is 19.8. The van der Waals surface area contributed by atoms with Gasteiger partial charge in [-0.2, -0.15) is 5.26 Å². The summed E-state index contributed by atoms with van der Waals surface area (Å²) < 4.78 is 4.59. The van der Waals surface area contributed by atoms with E-state index in [1.807, 2.05) is 18.2 Å². The van der Waals surface area contributed by atoms with E-state index in [0.29, 0.717) is 5.56 Å². The molecule has 0 spiro atoms. The second kappa shape index (κ2) is 8.73. The van der Waals surface area contributed by atoms with Gasteiger partial charge in [-0.1, -0.05) is 72.8 Å². The van der Waals surface area contributed by atoms with Crippen molar-refractivity contribution in [3.05, 3.63) is 145 Å². The number of nitriles is 1. The van der Waals surface area contributed by atoms with E-state index in [0.717, 1.165) is 44.3 Å². The van der Waals surface area contributed by atoms with E-state index in [9.17, 15) is 5.26 Å². The zero-order chi connectivity index (χ0) is 26.6. The summed E-state index contributed by atoms with van der Waals surface area (Å²) in [6.45, 7) is 0. The summed E-state index contributed by atoms with van der Waals surface area (Å²) in [7, 11) is 0. The maximum absolute atomic E-state index is 10.0. The van der Waals surface area contributed by atoms with Gasteiger partial charge in [-0.25, -0.2) is 0 Å². The maximum atomic E-state index is 10.0. The van der Waals surface area contributed by atoms with Crippen molar-refractivity contribution in [1.29, 1.82) is 5.26 Å². The minimum absolute atomic E-state index is 0.690. The molecule has 3 nitrogen and oxygen atoms in total. The second-order valence-electron chi connectivity index (χ2n) is 10.1. The molecule has 0 aliphatic rings. The van der Waals surface area contributed by atoms with Gasteiger partial charge in [0.25, 0.3) is 0 Å². The molecular formula is C37H23N3. The molecule has 0 radical (unpaired) electrons. The number of aromatic nitrogens is 2. The molecule has 0 saturated heterocycles. The van der Waals surface area contributed by atoms with Gasteiger partial charge < -0.3 is 9.13 Å². The summed E-state index contributed by atoms with van der Waals surface area (Å²) in [5.74, 6) is 0. The number of para-hydroxylation sites is 3. The van der Waals surface area contributed by atoms with Crippen LogP contribution in [0, 0.1) is 11.3 Å². The van der Waals surface area contributed by atoms with Crippen molar-refractivity contribution in [2.45, 2.75) is 0 Å². The van der Waals surface area contributed by atoms with E-state index < -0.39 is 0 Å². The van der Waals surface area contributed by atoms with E-state index in [-0.39, 0.29) is 0 Å². The summed E-state index contributed by atoms with van der Waals surface area (Å²) in [5, 5.41) is 14.5. The normalized spacial score (nSPS) is 11.5. The molecule has 0 saturated carbocycles. The van der Waals surface area contributed by atoms with Gasteiger partial charge in [0.2, 0.25) is 0 Å². The molecule has 0 aliphatic heterocycles. The highest BCUT2D eigenvalue weighted by molar-refractivity contribution is 6.14. The van der Waals surface area contributed by atoms with Crippen molar-refractivity contribution >= 4 is 43.6 Å². The van der Waals surface area contributed by atoms with Gasteiger partial charge in [-0.05, 0) is 77.9 Å². The van der Waals surface area contributed by atoms with Crippen molar-refractivity contribution in [3.63, 3.8) is 0 Å². The van der Waals surface area contributed by atoms with Crippen molar-refractivity contribution in [2.75, 3.05) is 0 Å². The van der Waals surface area contributed by atoms with E-state index in [2.05, 4.69) is 137 Å². The second-order valence-corrected chi connectivity index (χ2v) is 10.1. The highest BCUT2D eigenvalue weighted by Crippen LogP contribution is 2.38. The Morgan fingerprint density at radius 1 is 0.425 bits per heavy atom. The predicted octanol–water partition coefficient (Wildman–Crippen LogP) is 9.42. The molecule has 0 bridgehead atoms. The van der Waals surface area contributed by atoms with Crippen molar-refractivity contribution in [2.24, 2.45) is 0 Å². The number of benzene rings is 6. The van der Waals surface area contributed by atoms with Crippen LogP contribution in [0.1, 0.15) is 5.56 Å². The third-order valence-electron chi connectivity index (χ3n) is 7.95. The highest BCUT2D eigenvalue weighted by Gasteiger charge is 2.17. The Hall–Kier alpha value is -5.59. The topological polar surface area (TPSA) is 33.6 Å². The maximum Gasteiger partial charge on any atom is 0.0998 e. The van der Waals surface area contributed by atoms with Crippen LogP contribution in [0.25, 0.3) is 66.1 Å². The average Bonchev–Trinajstić information content (AvgIpc) is 3.54. The quantitative estimate of drug-likeness (QED) is 0.233. The molecule has 2 heterocycles. The van der Waals surface area contributed by atoms with Gasteiger partial charge >= 0.3 is 0 Å². The third kappa shape index (κ3) is 3.24. The monoisotopic (exact) mass is 509 g/mol. The smallest absolute Gasteiger partial charge is 0.0998 e. The highest BCUT2D eigenvalue weighted by atomic mass is 15.0. The first kappa shape index (κ1) is 22.4. The van der Waals surface area contributed by atoms with Crippen molar-refractivity contribution < 1.29 is 0 Å². The lowest BCUT2D eigenvalue weighted by atomic mass is 9.99. The predicted molar refractivity (Wildman–Crippen MR) is 165 cm³/mol. The van der Waals surface area contributed by atoms with E-state index >= 15 is 0 Å². The fourth-order valence-electron chi connectivity index (χ4n) is 6.21. The van der Waals surface area contributed by atoms with E-state index in [1.54, 1.807) is 0 Å². The number of rotatable bonds is 3. The lowest BCUT2D eigenvalue weighted by Gasteiger charge is -2.09. The molecule has 0 fully saturated rings. The Bertz CT molecular complexity index is 2260. The van der Waals surface area contributed by atoms with Gasteiger partial charge in [0.15, 0.2) is 0 Å². The molecule has 0 atom stereocenters. The van der Waals surface area contributed by atoms with Crippen molar-refractivity contribution in [1.82, 2.24) is 9.13 Å².